The molecule has 0 aromatic carbocycles. The lowest BCUT2D eigenvalue weighted by atomic mass is 9.55. The topological polar surface area (TPSA) is 118 Å². The lowest BCUT2D eigenvalue weighted by Gasteiger charge is -2.55. The summed E-state index contributed by atoms with van der Waals surface area (Å²) in [6.45, 7) is 15.7. The molecule has 0 aromatic heterocycles. The van der Waals surface area contributed by atoms with Crippen LogP contribution >= 0.6 is 0 Å². The Morgan fingerprint density at radius 2 is 1.69 bits per heavy atom. The molecule has 9 nitrogen and oxygen atoms in total. The van der Waals surface area contributed by atoms with E-state index in [9.17, 15) is 19.5 Å². The monoisotopic (exact) mass is 494 g/mol. The number of rotatable bonds is 4. The van der Waals surface area contributed by atoms with Crippen LogP contribution in [-0.2, 0) is 38.1 Å². The molecule has 0 aromatic rings. The molecule has 3 saturated heterocycles. The van der Waals surface area contributed by atoms with E-state index in [1.54, 1.807) is 6.92 Å². The van der Waals surface area contributed by atoms with Crippen molar-refractivity contribution in [1.29, 1.82) is 0 Å². The third-order valence-corrected chi connectivity index (χ3v) is 8.53. The molecule has 3 heterocycles. The zero-order valence-corrected chi connectivity index (χ0v) is 21.7. The summed E-state index contributed by atoms with van der Waals surface area (Å²) in [5.74, 6) is -4.12. The van der Waals surface area contributed by atoms with Gasteiger partial charge in [-0.05, 0) is 38.2 Å². The Labute approximate surface area is 206 Å². The van der Waals surface area contributed by atoms with Crippen molar-refractivity contribution in [2.24, 2.45) is 23.7 Å². The number of fused-ring (bicyclic) bond motifs is 8. The third-order valence-electron chi connectivity index (χ3n) is 8.53. The van der Waals surface area contributed by atoms with Gasteiger partial charge in [0, 0.05) is 44.9 Å². The van der Waals surface area contributed by atoms with Crippen LogP contribution < -0.4 is 0 Å². The molecule has 9 heteroatoms. The van der Waals surface area contributed by atoms with E-state index in [-0.39, 0.29) is 24.2 Å². The Morgan fingerprint density at radius 1 is 1.06 bits per heavy atom. The van der Waals surface area contributed by atoms with Gasteiger partial charge >= 0.3 is 17.9 Å². The predicted molar refractivity (Wildman–Crippen MR) is 123 cm³/mol. The molecule has 0 radical (unpaired) electrons. The number of hydrogen-bond donors (Lipinski definition) is 1. The van der Waals surface area contributed by atoms with E-state index in [1.807, 2.05) is 20.8 Å². The molecule has 1 aliphatic carbocycles. The molecule has 0 amide bonds. The van der Waals surface area contributed by atoms with Crippen molar-refractivity contribution in [1.82, 2.24) is 0 Å². The van der Waals surface area contributed by atoms with Gasteiger partial charge in [0.1, 0.15) is 6.10 Å². The van der Waals surface area contributed by atoms with Crippen molar-refractivity contribution in [2.75, 3.05) is 0 Å². The highest BCUT2D eigenvalue weighted by Gasteiger charge is 2.73. The number of hydrogen-bond acceptors (Lipinski definition) is 9. The van der Waals surface area contributed by atoms with Gasteiger partial charge in [-0.15, -0.1) is 0 Å². The molecule has 1 N–H and O–H groups in total. The minimum atomic E-state index is -1.46. The van der Waals surface area contributed by atoms with Crippen molar-refractivity contribution < 1.29 is 43.2 Å². The van der Waals surface area contributed by atoms with E-state index in [2.05, 4.69) is 6.58 Å². The van der Waals surface area contributed by atoms with Gasteiger partial charge in [-0.2, -0.15) is 0 Å². The Hall–Kier alpha value is -1.97. The predicted octanol–water partition coefficient (Wildman–Crippen LogP) is 2.67. The van der Waals surface area contributed by atoms with Crippen molar-refractivity contribution in [3.8, 4) is 0 Å². The fraction of sp³-hybridized carbons (Fsp3) is 0.808. The molecule has 196 valence electrons. The first-order valence-corrected chi connectivity index (χ1v) is 12.4. The first-order chi connectivity index (χ1) is 16.1. The minimum absolute atomic E-state index is 0.00974. The summed E-state index contributed by atoms with van der Waals surface area (Å²) in [6, 6.07) is 0. The number of ether oxygens (including phenoxy) is 5. The van der Waals surface area contributed by atoms with Gasteiger partial charge in [0.2, 0.25) is 0 Å². The van der Waals surface area contributed by atoms with Crippen LogP contribution in [0, 0.1) is 23.7 Å². The van der Waals surface area contributed by atoms with Crippen LogP contribution in [0.4, 0.5) is 0 Å². The first kappa shape index (κ1) is 26.1. The highest BCUT2D eigenvalue weighted by atomic mass is 16.7. The fourth-order valence-electron chi connectivity index (χ4n) is 7.37. The normalized spacial score (nSPS) is 46.4. The molecule has 0 spiro atoms. The van der Waals surface area contributed by atoms with Crippen molar-refractivity contribution in [3.63, 3.8) is 0 Å². The summed E-state index contributed by atoms with van der Waals surface area (Å²) in [4.78, 5) is 37.0. The average molecular weight is 495 g/mol. The van der Waals surface area contributed by atoms with Crippen LogP contribution in [0.1, 0.15) is 67.7 Å². The second-order valence-electron chi connectivity index (χ2n) is 11.4. The van der Waals surface area contributed by atoms with Crippen molar-refractivity contribution in [2.45, 2.75) is 109 Å². The lowest BCUT2D eigenvalue weighted by Crippen LogP contribution is -2.69. The second-order valence-corrected chi connectivity index (χ2v) is 11.4. The van der Waals surface area contributed by atoms with E-state index in [4.69, 9.17) is 23.7 Å². The van der Waals surface area contributed by atoms with E-state index in [1.165, 1.54) is 20.8 Å². The number of esters is 3. The minimum Gasteiger partial charge on any atom is -0.458 e. The van der Waals surface area contributed by atoms with Crippen LogP contribution in [0.3, 0.4) is 0 Å². The fourth-order valence-corrected chi connectivity index (χ4v) is 7.37. The van der Waals surface area contributed by atoms with Crippen LogP contribution in [0.25, 0.3) is 0 Å². The molecule has 35 heavy (non-hydrogen) atoms. The molecular weight excluding hydrogens is 456 g/mol. The summed E-state index contributed by atoms with van der Waals surface area (Å²) in [7, 11) is 0. The molecule has 2 unspecified atom stereocenters. The SMILES string of the molecule is C=C1C[C@H]2O[C@H]([C@@H]3[C@@H](C(C)C)[C@H](OC(C)=O)[C@H](OC(C)=O)[C@@](C)(OC(C)=O)[C@@H]32)C2(C)CCC1(O)O2. The standard InChI is InChI=1S/C26H38O9/c1-12(2)18-19-20(17-11-13(3)26(30)10-9-24(7,35-26)22(19)33-17)25(8,34-16(6)29)23(32-15(5)28)21(18)31-14(4)27/h12,17-23,30H,3,9-11H2,1-2,4-8H3/t17-,18-,19-,20-,21+,22-,23+,24?,25+,26?/m1/s1. The van der Waals surface area contributed by atoms with Gasteiger partial charge in [0.15, 0.2) is 17.5 Å². The number of aliphatic hydroxyl groups is 1. The van der Waals surface area contributed by atoms with Gasteiger partial charge in [0.25, 0.3) is 0 Å². The Balaban J connectivity index is 1.94. The number of carbonyl (C=O) groups is 3. The number of carbonyl (C=O) groups excluding carboxylic acids is 3. The van der Waals surface area contributed by atoms with E-state index in [0.29, 0.717) is 18.4 Å². The lowest BCUT2D eigenvalue weighted by molar-refractivity contribution is -0.253. The van der Waals surface area contributed by atoms with Gasteiger partial charge in [-0.25, -0.2) is 0 Å². The Morgan fingerprint density at radius 3 is 2.23 bits per heavy atom. The molecule has 4 rings (SSSR count). The molecule has 1 saturated carbocycles. The van der Waals surface area contributed by atoms with E-state index < -0.39 is 65.2 Å². The summed E-state index contributed by atoms with van der Waals surface area (Å²) in [5, 5.41) is 11.2. The van der Waals surface area contributed by atoms with Crippen LogP contribution in [0.15, 0.2) is 12.2 Å². The maximum atomic E-state index is 12.4. The average Bonchev–Trinajstić information content (AvgIpc) is 3.24. The second kappa shape index (κ2) is 8.56. The third kappa shape index (κ3) is 4.09. The maximum absolute atomic E-state index is 12.4. The summed E-state index contributed by atoms with van der Waals surface area (Å²) in [5.41, 5.74) is -1.70. The van der Waals surface area contributed by atoms with E-state index in [0.717, 1.165) is 0 Å². The van der Waals surface area contributed by atoms with Gasteiger partial charge < -0.3 is 28.8 Å². The molecule has 4 bridgehead atoms. The van der Waals surface area contributed by atoms with Crippen LogP contribution in [-0.4, -0.2) is 64.4 Å². The van der Waals surface area contributed by atoms with Crippen LogP contribution in [0.2, 0.25) is 0 Å². The quantitative estimate of drug-likeness (QED) is 0.357. The molecule has 4 fully saturated rings. The maximum Gasteiger partial charge on any atom is 0.303 e. The van der Waals surface area contributed by atoms with Crippen molar-refractivity contribution in [3.05, 3.63) is 12.2 Å². The molecular formula is C26H38O9. The first-order valence-electron chi connectivity index (χ1n) is 12.4. The van der Waals surface area contributed by atoms with Gasteiger partial charge in [-0.3, -0.25) is 14.4 Å². The Bertz CT molecular complexity index is 930. The zero-order valence-electron chi connectivity index (χ0n) is 21.7. The summed E-state index contributed by atoms with van der Waals surface area (Å²) < 4.78 is 30.6. The highest BCUT2D eigenvalue weighted by molar-refractivity contribution is 5.69. The zero-order chi connectivity index (χ0) is 26.1. The van der Waals surface area contributed by atoms with Gasteiger partial charge in [-0.1, -0.05) is 20.4 Å². The largest absolute Gasteiger partial charge is 0.458 e. The molecule has 4 aliphatic rings. The van der Waals surface area contributed by atoms with Crippen molar-refractivity contribution >= 4 is 17.9 Å². The Kier molecular flexibility index (Phi) is 6.38. The molecule has 3 aliphatic heterocycles. The molecule has 10 atom stereocenters. The highest BCUT2D eigenvalue weighted by Crippen LogP contribution is 2.62. The summed E-state index contributed by atoms with van der Waals surface area (Å²) in [6.07, 6.45) is -1.64. The van der Waals surface area contributed by atoms with E-state index >= 15 is 0 Å². The van der Waals surface area contributed by atoms with Crippen LogP contribution in [0.5, 0.6) is 0 Å². The van der Waals surface area contributed by atoms with Gasteiger partial charge in [0.05, 0.1) is 17.8 Å². The summed E-state index contributed by atoms with van der Waals surface area (Å²) >= 11 is 0. The smallest absolute Gasteiger partial charge is 0.303 e.